The summed E-state index contributed by atoms with van der Waals surface area (Å²) in [5.74, 6) is 0.216. The van der Waals surface area contributed by atoms with Crippen molar-refractivity contribution in [3.8, 4) is 0 Å². The molecule has 1 rings (SSSR count). The zero-order chi connectivity index (χ0) is 10.6. The van der Waals surface area contributed by atoms with Crippen LogP contribution in [0.15, 0.2) is 0 Å². The van der Waals surface area contributed by atoms with Gasteiger partial charge in [0.05, 0.1) is 11.5 Å². The largest absolute Gasteiger partial charge is 0.341 e. The first-order chi connectivity index (χ1) is 6.55. The fourth-order valence-electron chi connectivity index (χ4n) is 1.37. The summed E-state index contributed by atoms with van der Waals surface area (Å²) >= 11 is 0. The molecule has 0 aromatic carbocycles. The topological polar surface area (TPSA) is 80.5 Å². The number of carbonyl (C=O) groups is 1. The van der Waals surface area contributed by atoms with E-state index < -0.39 is 9.84 Å². The average molecular weight is 220 g/mol. The van der Waals surface area contributed by atoms with Gasteiger partial charge in [0.1, 0.15) is 0 Å². The molecule has 2 N–H and O–H groups in total. The Balaban J connectivity index is 2.38. The molecule has 0 aromatic rings. The quantitative estimate of drug-likeness (QED) is 0.660. The molecule has 0 aromatic heterocycles. The van der Waals surface area contributed by atoms with E-state index in [9.17, 15) is 13.2 Å². The number of hydrogen-bond acceptors (Lipinski definition) is 4. The highest BCUT2D eigenvalue weighted by Crippen LogP contribution is 2.06. The summed E-state index contributed by atoms with van der Waals surface area (Å²) in [6.07, 6.45) is 1.10. The molecule has 14 heavy (non-hydrogen) atoms. The number of hydrogen-bond donors (Lipinski definition) is 1. The minimum absolute atomic E-state index is 0.0188. The number of rotatable bonds is 3. The Kier molecular flexibility index (Phi) is 3.88. The maximum Gasteiger partial charge on any atom is 0.222 e. The second-order valence-electron chi connectivity index (χ2n) is 3.42. The first-order valence-corrected chi connectivity index (χ1v) is 6.55. The van der Waals surface area contributed by atoms with Crippen molar-refractivity contribution in [3.63, 3.8) is 0 Å². The van der Waals surface area contributed by atoms with Gasteiger partial charge in [0, 0.05) is 19.5 Å². The Hall–Kier alpha value is -0.620. The molecule has 1 amide bonds. The normalized spacial score (nSPS) is 20.8. The number of sulfone groups is 1. The van der Waals surface area contributed by atoms with Gasteiger partial charge >= 0.3 is 0 Å². The minimum atomic E-state index is -2.89. The summed E-state index contributed by atoms with van der Waals surface area (Å²) in [6.45, 7) is 1.18. The third kappa shape index (κ3) is 3.26. The van der Waals surface area contributed by atoms with Crippen LogP contribution < -0.4 is 5.73 Å². The van der Waals surface area contributed by atoms with Crippen molar-refractivity contribution >= 4 is 15.7 Å². The van der Waals surface area contributed by atoms with E-state index >= 15 is 0 Å². The predicted molar refractivity (Wildman–Crippen MR) is 53.5 cm³/mol. The summed E-state index contributed by atoms with van der Waals surface area (Å²) in [6, 6.07) is 0. The maximum atomic E-state index is 11.4. The Bertz CT molecular complexity index is 286. The molecular formula is C8H16N2O3S. The van der Waals surface area contributed by atoms with Crippen molar-refractivity contribution in [2.45, 2.75) is 12.8 Å². The van der Waals surface area contributed by atoms with Gasteiger partial charge in [-0.15, -0.1) is 0 Å². The van der Waals surface area contributed by atoms with Gasteiger partial charge in [0.25, 0.3) is 0 Å². The van der Waals surface area contributed by atoms with Crippen LogP contribution in [-0.2, 0) is 14.6 Å². The van der Waals surface area contributed by atoms with Crippen LogP contribution in [0.5, 0.6) is 0 Å². The highest BCUT2D eigenvalue weighted by Gasteiger charge is 2.24. The lowest BCUT2D eigenvalue weighted by Crippen LogP contribution is -2.43. The van der Waals surface area contributed by atoms with E-state index in [0.29, 0.717) is 32.5 Å². The third-order valence-electron chi connectivity index (χ3n) is 2.29. The Labute approximate surface area is 84.2 Å². The van der Waals surface area contributed by atoms with Crippen LogP contribution in [0.25, 0.3) is 0 Å². The molecule has 0 atom stereocenters. The molecule has 6 heteroatoms. The lowest BCUT2D eigenvalue weighted by Gasteiger charge is -2.26. The van der Waals surface area contributed by atoms with Gasteiger partial charge in [-0.05, 0) is 13.0 Å². The van der Waals surface area contributed by atoms with Gasteiger partial charge in [-0.25, -0.2) is 8.42 Å². The number of nitrogens with two attached hydrogens (primary N) is 1. The monoisotopic (exact) mass is 220 g/mol. The van der Waals surface area contributed by atoms with Crippen molar-refractivity contribution in [1.82, 2.24) is 4.90 Å². The van der Waals surface area contributed by atoms with Crippen LogP contribution in [0.2, 0.25) is 0 Å². The lowest BCUT2D eigenvalue weighted by molar-refractivity contribution is -0.130. The number of carbonyl (C=O) groups excluding carboxylic acids is 1. The molecule has 0 radical (unpaired) electrons. The Morgan fingerprint density at radius 1 is 1.29 bits per heavy atom. The van der Waals surface area contributed by atoms with Crippen LogP contribution in [-0.4, -0.2) is 50.4 Å². The van der Waals surface area contributed by atoms with Gasteiger partial charge in [-0.3, -0.25) is 4.79 Å². The standard InChI is InChI=1S/C8H16N2O3S/c9-3-1-2-8(11)10-4-6-14(12,13)7-5-10/h1-7,9H2. The second kappa shape index (κ2) is 4.75. The van der Waals surface area contributed by atoms with Crippen molar-refractivity contribution in [1.29, 1.82) is 0 Å². The van der Waals surface area contributed by atoms with Gasteiger partial charge < -0.3 is 10.6 Å². The third-order valence-corrected chi connectivity index (χ3v) is 3.90. The van der Waals surface area contributed by atoms with Gasteiger partial charge in [0.2, 0.25) is 5.91 Å². The Morgan fingerprint density at radius 3 is 2.36 bits per heavy atom. The summed E-state index contributed by atoms with van der Waals surface area (Å²) in [5, 5.41) is 0. The van der Waals surface area contributed by atoms with Crippen LogP contribution in [0.3, 0.4) is 0 Å². The zero-order valence-electron chi connectivity index (χ0n) is 8.11. The maximum absolute atomic E-state index is 11.4. The van der Waals surface area contributed by atoms with Gasteiger partial charge in [-0.1, -0.05) is 0 Å². The fraction of sp³-hybridized carbons (Fsp3) is 0.875. The lowest BCUT2D eigenvalue weighted by atomic mass is 10.3. The first-order valence-electron chi connectivity index (χ1n) is 4.73. The van der Waals surface area contributed by atoms with Crippen molar-refractivity contribution < 1.29 is 13.2 Å². The molecule has 0 aliphatic carbocycles. The SMILES string of the molecule is NCCCC(=O)N1CCS(=O)(=O)CC1. The molecular weight excluding hydrogens is 204 g/mol. The van der Waals surface area contributed by atoms with Gasteiger partial charge in [0.15, 0.2) is 9.84 Å². The van der Waals surface area contributed by atoms with E-state index in [4.69, 9.17) is 5.73 Å². The van der Waals surface area contributed by atoms with Crippen LogP contribution in [0.4, 0.5) is 0 Å². The molecule has 1 saturated heterocycles. The first kappa shape index (κ1) is 11.5. The van der Waals surface area contributed by atoms with Crippen LogP contribution in [0, 0.1) is 0 Å². The van der Waals surface area contributed by atoms with Crippen molar-refractivity contribution in [3.05, 3.63) is 0 Å². The van der Waals surface area contributed by atoms with E-state index in [1.165, 1.54) is 0 Å². The number of nitrogens with zero attached hydrogens (tertiary/aromatic N) is 1. The highest BCUT2D eigenvalue weighted by molar-refractivity contribution is 7.91. The van der Waals surface area contributed by atoms with E-state index in [0.717, 1.165) is 0 Å². The van der Waals surface area contributed by atoms with E-state index in [-0.39, 0.29) is 17.4 Å². The average Bonchev–Trinajstić information content (AvgIpc) is 2.14. The molecule has 1 aliphatic rings. The molecule has 0 unspecified atom stereocenters. The van der Waals surface area contributed by atoms with Crippen molar-refractivity contribution in [2.75, 3.05) is 31.1 Å². The molecule has 5 nitrogen and oxygen atoms in total. The molecule has 0 spiro atoms. The molecule has 82 valence electrons. The molecule has 0 saturated carbocycles. The number of amides is 1. The van der Waals surface area contributed by atoms with Crippen LogP contribution in [0.1, 0.15) is 12.8 Å². The fourth-order valence-corrected chi connectivity index (χ4v) is 2.57. The minimum Gasteiger partial charge on any atom is -0.341 e. The highest BCUT2D eigenvalue weighted by atomic mass is 32.2. The smallest absolute Gasteiger partial charge is 0.222 e. The predicted octanol–water partition coefficient (Wildman–Crippen LogP) is -1.02. The Morgan fingerprint density at radius 2 is 1.86 bits per heavy atom. The summed E-state index contributed by atoms with van der Waals surface area (Å²) in [5.41, 5.74) is 5.28. The van der Waals surface area contributed by atoms with Gasteiger partial charge in [-0.2, -0.15) is 0 Å². The molecule has 1 heterocycles. The van der Waals surface area contributed by atoms with E-state index in [2.05, 4.69) is 0 Å². The summed E-state index contributed by atoms with van der Waals surface area (Å²) in [4.78, 5) is 13.1. The molecule has 1 aliphatic heterocycles. The molecule has 0 bridgehead atoms. The van der Waals surface area contributed by atoms with E-state index in [1.54, 1.807) is 4.90 Å². The zero-order valence-corrected chi connectivity index (χ0v) is 8.92. The summed E-state index contributed by atoms with van der Waals surface area (Å²) in [7, 11) is -2.89. The van der Waals surface area contributed by atoms with Crippen molar-refractivity contribution in [2.24, 2.45) is 5.73 Å². The van der Waals surface area contributed by atoms with Crippen LogP contribution >= 0.6 is 0 Å². The second-order valence-corrected chi connectivity index (χ2v) is 5.73. The van der Waals surface area contributed by atoms with E-state index in [1.807, 2.05) is 0 Å². The summed E-state index contributed by atoms with van der Waals surface area (Å²) < 4.78 is 22.1. The molecule has 1 fully saturated rings.